The summed E-state index contributed by atoms with van der Waals surface area (Å²) < 4.78 is 5.04. The average Bonchev–Trinajstić information content (AvgIpc) is 2.45. The lowest BCUT2D eigenvalue weighted by atomic mass is 10.2. The molecule has 0 aliphatic carbocycles. The molecule has 0 bridgehead atoms. The molecule has 5 heteroatoms. The number of ether oxygens (including phenoxy) is 1. The summed E-state index contributed by atoms with van der Waals surface area (Å²) in [5.41, 5.74) is 1.17. The standard InChI is InChI=1S/C16H24N2O3/c1-4-10-21-16(20)13-6-8-14(9-7-13)18-15(19)11-12(3)17-5-2/h6-9,12,17H,4-5,10-11H2,1-3H3,(H,18,19). The molecule has 2 N–H and O–H groups in total. The molecule has 1 amide bonds. The van der Waals surface area contributed by atoms with Gasteiger partial charge in [-0.1, -0.05) is 13.8 Å². The molecule has 1 rings (SSSR count). The van der Waals surface area contributed by atoms with E-state index in [2.05, 4.69) is 10.6 Å². The van der Waals surface area contributed by atoms with Crippen molar-refractivity contribution in [2.45, 2.75) is 39.7 Å². The largest absolute Gasteiger partial charge is 0.462 e. The first-order valence-electron chi connectivity index (χ1n) is 7.37. The first-order chi connectivity index (χ1) is 10.1. The minimum Gasteiger partial charge on any atom is -0.462 e. The van der Waals surface area contributed by atoms with E-state index in [1.54, 1.807) is 24.3 Å². The highest BCUT2D eigenvalue weighted by Gasteiger charge is 2.09. The summed E-state index contributed by atoms with van der Waals surface area (Å²) in [6, 6.07) is 6.86. The summed E-state index contributed by atoms with van der Waals surface area (Å²) in [5, 5.41) is 5.99. The molecule has 1 aromatic carbocycles. The van der Waals surface area contributed by atoms with Crippen molar-refractivity contribution in [3.8, 4) is 0 Å². The molecule has 0 radical (unpaired) electrons. The number of hydrogen-bond acceptors (Lipinski definition) is 4. The zero-order valence-electron chi connectivity index (χ0n) is 12.9. The molecule has 1 atom stereocenters. The van der Waals surface area contributed by atoms with Gasteiger partial charge in [0, 0.05) is 18.2 Å². The normalized spacial score (nSPS) is 11.8. The van der Waals surface area contributed by atoms with Crippen LogP contribution in [-0.2, 0) is 9.53 Å². The van der Waals surface area contributed by atoms with E-state index in [1.165, 1.54) is 0 Å². The molecule has 0 spiro atoms. The van der Waals surface area contributed by atoms with Gasteiger partial charge >= 0.3 is 5.97 Å². The molecule has 5 nitrogen and oxygen atoms in total. The third-order valence-corrected chi connectivity index (χ3v) is 2.89. The number of benzene rings is 1. The number of hydrogen-bond donors (Lipinski definition) is 2. The summed E-state index contributed by atoms with van der Waals surface area (Å²) in [4.78, 5) is 23.5. The Kier molecular flexibility index (Phi) is 7.46. The van der Waals surface area contributed by atoms with Gasteiger partial charge in [0.05, 0.1) is 12.2 Å². The van der Waals surface area contributed by atoms with Crippen LogP contribution in [0.3, 0.4) is 0 Å². The second-order valence-corrected chi connectivity index (χ2v) is 4.92. The van der Waals surface area contributed by atoms with Crippen molar-refractivity contribution in [3.63, 3.8) is 0 Å². The minimum atomic E-state index is -0.338. The highest BCUT2D eigenvalue weighted by atomic mass is 16.5. The summed E-state index contributed by atoms with van der Waals surface area (Å²) in [6.45, 7) is 7.17. The second-order valence-electron chi connectivity index (χ2n) is 4.92. The highest BCUT2D eigenvalue weighted by Crippen LogP contribution is 2.11. The zero-order valence-corrected chi connectivity index (χ0v) is 12.9. The van der Waals surface area contributed by atoms with Crippen molar-refractivity contribution in [1.82, 2.24) is 5.32 Å². The van der Waals surface area contributed by atoms with Gasteiger partial charge < -0.3 is 15.4 Å². The van der Waals surface area contributed by atoms with Crippen LogP contribution in [0.4, 0.5) is 5.69 Å². The van der Waals surface area contributed by atoms with E-state index in [4.69, 9.17) is 4.74 Å². The van der Waals surface area contributed by atoms with Crippen LogP contribution in [0.1, 0.15) is 44.0 Å². The van der Waals surface area contributed by atoms with Gasteiger partial charge in [-0.05, 0) is 44.2 Å². The van der Waals surface area contributed by atoms with Crippen LogP contribution >= 0.6 is 0 Å². The number of anilines is 1. The van der Waals surface area contributed by atoms with Gasteiger partial charge in [0.15, 0.2) is 0 Å². The third-order valence-electron chi connectivity index (χ3n) is 2.89. The molecule has 0 saturated heterocycles. The minimum absolute atomic E-state index is 0.0511. The molecule has 0 fully saturated rings. The van der Waals surface area contributed by atoms with Crippen LogP contribution in [0.25, 0.3) is 0 Å². The molecule has 0 heterocycles. The van der Waals surface area contributed by atoms with Gasteiger partial charge in [-0.2, -0.15) is 0 Å². The lowest BCUT2D eigenvalue weighted by Gasteiger charge is -2.12. The van der Waals surface area contributed by atoms with Crippen molar-refractivity contribution < 1.29 is 14.3 Å². The molecule has 1 aromatic rings. The van der Waals surface area contributed by atoms with Crippen LogP contribution in [-0.4, -0.2) is 31.1 Å². The predicted molar refractivity (Wildman–Crippen MR) is 83.4 cm³/mol. The summed E-state index contributed by atoms with van der Waals surface area (Å²) >= 11 is 0. The van der Waals surface area contributed by atoms with Crippen LogP contribution in [0.2, 0.25) is 0 Å². The highest BCUT2D eigenvalue weighted by molar-refractivity contribution is 5.93. The molecule has 1 unspecified atom stereocenters. The van der Waals surface area contributed by atoms with E-state index in [-0.39, 0.29) is 17.9 Å². The summed E-state index contributed by atoms with van der Waals surface area (Å²) in [5.74, 6) is -0.389. The fraction of sp³-hybridized carbons (Fsp3) is 0.500. The molecular formula is C16H24N2O3. The Morgan fingerprint density at radius 3 is 2.43 bits per heavy atom. The third kappa shape index (κ3) is 6.40. The molecule has 0 aromatic heterocycles. The van der Waals surface area contributed by atoms with Crippen molar-refractivity contribution in [2.75, 3.05) is 18.5 Å². The fourth-order valence-corrected chi connectivity index (χ4v) is 1.88. The Morgan fingerprint density at radius 1 is 1.19 bits per heavy atom. The smallest absolute Gasteiger partial charge is 0.338 e. The maximum atomic E-state index is 11.8. The van der Waals surface area contributed by atoms with E-state index >= 15 is 0 Å². The SMILES string of the molecule is CCCOC(=O)c1ccc(NC(=O)CC(C)NCC)cc1. The van der Waals surface area contributed by atoms with Gasteiger partial charge in [0.2, 0.25) is 5.91 Å². The molecule has 0 aliphatic heterocycles. The lowest BCUT2D eigenvalue weighted by Crippen LogP contribution is -2.30. The molecule has 21 heavy (non-hydrogen) atoms. The number of esters is 1. The Balaban J connectivity index is 2.50. The first-order valence-corrected chi connectivity index (χ1v) is 7.37. The quantitative estimate of drug-likeness (QED) is 0.723. The van der Waals surface area contributed by atoms with Crippen molar-refractivity contribution in [1.29, 1.82) is 0 Å². The Bertz CT molecular complexity index is 457. The maximum absolute atomic E-state index is 11.8. The Labute approximate surface area is 126 Å². The van der Waals surface area contributed by atoms with Crippen molar-refractivity contribution in [2.24, 2.45) is 0 Å². The van der Waals surface area contributed by atoms with E-state index in [1.807, 2.05) is 20.8 Å². The number of nitrogens with one attached hydrogen (secondary N) is 2. The van der Waals surface area contributed by atoms with Crippen LogP contribution in [0.5, 0.6) is 0 Å². The number of carbonyl (C=O) groups excluding carboxylic acids is 2. The van der Waals surface area contributed by atoms with Crippen LogP contribution < -0.4 is 10.6 Å². The topological polar surface area (TPSA) is 67.4 Å². The van der Waals surface area contributed by atoms with Crippen molar-refractivity contribution in [3.05, 3.63) is 29.8 Å². The van der Waals surface area contributed by atoms with E-state index in [0.29, 0.717) is 24.3 Å². The van der Waals surface area contributed by atoms with E-state index in [0.717, 1.165) is 13.0 Å². The van der Waals surface area contributed by atoms with Crippen molar-refractivity contribution >= 4 is 17.6 Å². The predicted octanol–water partition coefficient (Wildman–Crippen LogP) is 2.58. The molecule has 0 saturated carbocycles. The van der Waals surface area contributed by atoms with Gasteiger partial charge in [0.1, 0.15) is 0 Å². The van der Waals surface area contributed by atoms with E-state index < -0.39 is 0 Å². The zero-order chi connectivity index (χ0) is 15.7. The van der Waals surface area contributed by atoms with E-state index in [9.17, 15) is 9.59 Å². The average molecular weight is 292 g/mol. The lowest BCUT2D eigenvalue weighted by molar-refractivity contribution is -0.116. The Morgan fingerprint density at radius 2 is 1.86 bits per heavy atom. The Hall–Kier alpha value is -1.88. The summed E-state index contributed by atoms with van der Waals surface area (Å²) in [7, 11) is 0. The maximum Gasteiger partial charge on any atom is 0.338 e. The van der Waals surface area contributed by atoms with Gasteiger partial charge in [-0.15, -0.1) is 0 Å². The van der Waals surface area contributed by atoms with Gasteiger partial charge in [-0.25, -0.2) is 4.79 Å². The second kappa shape index (κ2) is 9.13. The molecule has 0 aliphatic rings. The van der Waals surface area contributed by atoms with Crippen LogP contribution in [0, 0.1) is 0 Å². The van der Waals surface area contributed by atoms with Gasteiger partial charge in [0.25, 0.3) is 0 Å². The first kappa shape index (κ1) is 17.2. The number of carbonyl (C=O) groups is 2. The van der Waals surface area contributed by atoms with Crippen LogP contribution in [0.15, 0.2) is 24.3 Å². The monoisotopic (exact) mass is 292 g/mol. The molecule has 116 valence electrons. The molecular weight excluding hydrogens is 268 g/mol. The summed E-state index contributed by atoms with van der Waals surface area (Å²) in [6.07, 6.45) is 1.21. The van der Waals surface area contributed by atoms with Gasteiger partial charge in [-0.3, -0.25) is 4.79 Å². The fourth-order valence-electron chi connectivity index (χ4n) is 1.88. The number of amides is 1. The number of rotatable bonds is 8.